The number of benzene rings is 2. The highest BCUT2D eigenvalue weighted by Crippen LogP contribution is 2.37. The predicted molar refractivity (Wildman–Crippen MR) is 106 cm³/mol. The summed E-state index contributed by atoms with van der Waals surface area (Å²) >= 11 is 4.69. The lowest BCUT2D eigenvalue weighted by molar-refractivity contribution is 0.00573. The van der Waals surface area contributed by atoms with Crippen LogP contribution in [-0.2, 0) is 4.74 Å². The number of fused-ring (bicyclic) bond motifs is 1. The molecule has 8 heteroatoms. The molecule has 0 radical (unpaired) electrons. The summed E-state index contributed by atoms with van der Waals surface area (Å²) in [5, 5.41) is 14.0. The van der Waals surface area contributed by atoms with E-state index < -0.39 is 16.8 Å². The molecule has 2 unspecified atom stereocenters. The van der Waals surface area contributed by atoms with Crippen LogP contribution in [0, 0.1) is 5.21 Å². The summed E-state index contributed by atoms with van der Waals surface area (Å²) in [6.07, 6.45) is -0.850. The lowest BCUT2D eigenvalue weighted by Crippen LogP contribution is -2.50. The summed E-state index contributed by atoms with van der Waals surface area (Å²) in [5.41, 5.74) is 1.20. The summed E-state index contributed by atoms with van der Waals surface area (Å²) in [6.45, 7) is 0.555. The Labute approximate surface area is 162 Å². The Morgan fingerprint density at radius 2 is 2.04 bits per heavy atom. The van der Waals surface area contributed by atoms with Gasteiger partial charge in [-0.1, -0.05) is 39.4 Å². The maximum absolute atomic E-state index is 13.6. The minimum Gasteiger partial charge on any atom is -0.622 e. The Bertz CT molecular complexity index is 929. The van der Waals surface area contributed by atoms with Gasteiger partial charge in [-0.25, -0.2) is 9.69 Å². The van der Waals surface area contributed by atoms with Gasteiger partial charge >= 0.3 is 5.97 Å². The third kappa shape index (κ3) is 3.15. The molecule has 1 aliphatic heterocycles. The van der Waals surface area contributed by atoms with Crippen molar-refractivity contribution >= 4 is 48.6 Å². The van der Waals surface area contributed by atoms with Gasteiger partial charge in [0.05, 0.1) is 22.3 Å². The Kier molecular flexibility index (Phi) is 4.54. The van der Waals surface area contributed by atoms with Crippen LogP contribution in [0.25, 0.3) is 10.2 Å². The van der Waals surface area contributed by atoms with E-state index in [1.54, 1.807) is 24.3 Å². The minimum absolute atomic E-state index is 0.193. The van der Waals surface area contributed by atoms with Crippen LogP contribution in [0.15, 0.2) is 53.0 Å². The van der Waals surface area contributed by atoms with Crippen molar-refractivity contribution in [2.24, 2.45) is 0 Å². The summed E-state index contributed by atoms with van der Waals surface area (Å²) in [7, 11) is 1.84. The van der Waals surface area contributed by atoms with Gasteiger partial charge in [0, 0.05) is 4.47 Å². The summed E-state index contributed by atoms with van der Waals surface area (Å²) < 4.78 is 6.65. The van der Waals surface area contributed by atoms with Crippen molar-refractivity contribution in [1.29, 1.82) is 0 Å². The van der Waals surface area contributed by atoms with Crippen molar-refractivity contribution in [2.75, 3.05) is 20.3 Å². The average Bonchev–Trinajstić information content (AvgIpc) is 3.17. The van der Waals surface area contributed by atoms with E-state index in [1.807, 2.05) is 36.2 Å². The van der Waals surface area contributed by atoms with Crippen molar-refractivity contribution in [3.05, 3.63) is 63.8 Å². The van der Waals surface area contributed by atoms with Crippen molar-refractivity contribution in [3.8, 4) is 0 Å². The molecule has 0 amide bonds. The lowest BCUT2D eigenvalue weighted by atomic mass is 10.2. The van der Waals surface area contributed by atoms with Gasteiger partial charge in [-0.3, -0.25) is 4.65 Å². The Morgan fingerprint density at radius 3 is 2.77 bits per heavy atom. The number of carbonyl (C=O) groups excluding carboxylic acids is 1. The van der Waals surface area contributed by atoms with Crippen molar-refractivity contribution in [2.45, 2.75) is 6.23 Å². The van der Waals surface area contributed by atoms with E-state index in [9.17, 15) is 10.0 Å². The number of carbonyl (C=O) groups is 1. The molecule has 134 valence electrons. The smallest absolute Gasteiger partial charge is 0.342 e. The molecule has 0 spiro atoms. The number of quaternary nitrogens is 1. The van der Waals surface area contributed by atoms with E-state index in [4.69, 9.17) is 4.74 Å². The van der Waals surface area contributed by atoms with Gasteiger partial charge in [-0.2, -0.15) is 4.98 Å². The van der Waals surface area contributed by atoms with Gasteiger partial charge in [0.25, 0.3) is 11.4 Å². The normalized spacial score (nSPS) is 23.4. The lowest BCUT2D eigenvalue weighted by Gasteiger charge is -2.38. The van der Waals surface area contributed by atoms with E-state index in [-0.39, 0.29) is 6.67 Å². The topological polar surface area (TPSA) is 65.5 Å². The number of halogens is 1. The molecule has 3 aromatic rings. The van der Waals surface area contributed by atoms with Gasteiger partial charge in [-0.05, 0) is 43.4 Å². The first-order valence-electron chi connectivity index (χ1n) is 8.06. The zero-order valence-electron chi connectivity index (χ0n) is 14.0. The first kappa shape index (κ1) is 17.6. The number of hydrogen-bond donors (Lipinski definition) is 0. The van der Waals surface area contributed by atoms with Crippen molar-refractivity contribution < 1.29 is 9.53 Å². The van der Waals surface area contributed by atoms with E-state index in [0.29, 0.717) is 17.2 Å². The number of hydrogen-bond acceptors (Lipinski definition) is 6. The molecule has 2 heterocycles. The number of likely N-dealkylation sites (N-methyl/N-ethyl adjacent to an activating group) is 1. The van der Waals surface area contributed by atoms with Crippen LogP contribution in [0.3, 0.4) is 0 Å². The Morgan fingerprint density at radius 1 is 1.31 bits per heavy atom. The van der Waals surface area contributed by atoms with E-state index >= 15 is 0 Å². The maximum Gasteiger partial charge on any atom is 0.342 e. The van der Waals surface area contributed by atoms with Gasteiger partial charge in [-0.15, -0.1) is 0 Å². The molecule has 6 nitrogen and oxygen atoms in total. The third-order valence-electron chi connectivity index (χ3n) is 4.31. The standard InChI is InChI=1S/C18H16BrN3O3S/c1-21-10-16(25-17(23)12-6-8-13(19)9-7-12)22(24,11-21)18-20-14-4-2-3-5-15(14)26-18/h2-9,16H,10-11H2,1H3. The van der Waals surface area contributed by atoms with Crippen LogP contribution in [0.2, 0.25) is 0 Å². The summed E-state index contributed by atoms with van der Waals surface area (Å²) in [4.78, 5) is 18.8. The molecule has 2 atom stereocenters. The molecule has 0 bridgehead atoms. The van der Waals surface area contributed by atoms with E-state index in [1.165, 1.54) is 11.3 Å². The van der Waals surface area contributed by atoms with Gasteiger partial charge in [0.2, 0.25) is 0 Å². The zero-order valence-corrected chi connectivity index (χ0v) is 16.4. The first-order valence-corrected chi connectivity index (χ1v) is 9.67. The zero-order chi connectivity index (χ0) is 18.3. The Balaban J connectivity index is 1.63. The number of nitrogens with zero attached hydrogens (tertiary/aromatic N) is 3. The molecule has 0 saturated carbocycles. The molecule has 1 fully saturated rings. The van der Waals surface area contributed by atoms with Crippen LogP contribution in [0.5, 0.6) is 0 Å². The van der Waals surface area contributed by atoms with E-state index in [0.717, 1.165) is 14.7 Å². The third-order valence-corrected chi connectivity index (χ3v) is 5.99. The number of para-hydroxylation sites is 1. The second-order valence-electron chi connectivity index (χ2n) is 6.31. The quantitative estimate of drug-likeness (QED) is 0.355. The molecule has 4 rings (SSSR count). The highest BCUT2D eigenvalue weighted by Gasteiger charge is 2.45. The fourth-order valence-electron chi connectivity index (χ4n) is 3.01. The molecule has 0 N–H and O–H groups in total. The number of aromatic nitrogens is 1. The fourth-order valence-corrected chi connectivity index (χ4v) is 4.31. The second-order valence-corrected chi connectivity index (χ2v) is 8.23. The number of rotatable bonds is 3. The number of hydroxylamine groups is 2. The Hall–Kier alpha value is -1.84. The van der Waals surface area contributed by atoms with Crippen LogP contribution < -0.4 is 4.65 Å². The SMILES string of the molecule is CN1CC(OC(=O)c2ccc(Br)cc2)[N+]([O-])(c2nc3ccccc3s2)C1. The summed E-state index contributed by atoms with van der Waals surface area (Å²) in [6, 6.07) is 14.5. The molecule has 1 saturated heterocycles. The number of ether oxygens (including phenoxy) is 1. The van der Waals surface area contributed by atoms with Gasteiger partial charge in [0.1, 0.15) is 6.67 Å². The number of thiazole rings is 1. The highest BCUT2D eigenvalue weighted by atomic mass is 79.9. The summed E-state index contributed by atoms with van der Waals surface area (Å²) in [5.74, 6) is -0.503. The molecular formula is C18H16BrN3O3S. The monoisotopic (exact) mass is 433 g/mol. The molecule has 1 aromatic heterocycles. The van der Waals surface area contributed by atoms with Crippen LogP contribution in [-0.4, -0.2) is 42.3 Å². The van der Waals surface area contributed by atoms with Crippen LogP contribution in [0.1, 0.15) is 10.4 Å². The van der Waals surface area contributed by atoms with Crippen molar-refractivity contribution in [1.82, 2.24) is 14.5 Å². The van der Waals surface area contributed by atoms with Crippen LogP contribution in [0.4, 0.5) is 5.13 Å². The van der Waals surface area contributed by atoms with Crippen molar-refractivity contribution in [3.63, 3.8) is 0 Å². The number of esters is 1. The first-order chi connectivity index (χ1) is 12.5. The van der Waals surface area contributed by atoms with Gasteiger partial charge in [0.15, 0.2) is 0 Å². The fraction of sp³-hybridized carbons (Fsp3) is 0.222. The largest absolute Gasteiger partial charge is 0.622 e. The molecule has 2 aromatic carbocycles. The molecule has 26 heavy (non-hydrogen) atoms. The second kappa shape index (κ2) is 6.71. The molecular weight excluding hydrogens is 418 g/mol. The van der Waals surface area contributed by atoms with Gasteiger partial charge < -0.3 is 9.94 Å². The predicted octanol–water partition coefficient (Wildman–Crippen LogP) is 3.95. The molecule has 0 aliphatic carbocycles. The maximum atomic E-state index is 13.6. The minimum atomic E-state index is -0.850. The highest BCUT2D eigenvalue weighted by molar-refractivity contribution is 9.10. The molecule has 1 aliphatic rings. The van der Waals surface area contributed by atoms with Crippen LogP contribution >= 0.6 is 27.3 Å². The van der Waals surface area contributed by atoms with E-state index in [2.05, 4.69) is 20.9 Å². The average molecular weight is 434 g/mol.